The number of ether oxygens (including phenoxy) is 1. The predicted molar refractivity (Wildman–Crippen MR) is 142 cm³/mol. The maximum atomic E-state index is 13.4. The first kappa shape index (κ1) is 24.5. The average molecular weight is 504 g/mol. The fourth-order valence-electron chi connectivity index (χ4n) is 5.25. The van der Waals surface area contributed by atoms with Gasteiger partial charge in [-0.15, -0.1) is 11.3 Å². The average Bonchev–Trinajstić information content (AvgIpc) is 3.37. The first-order valence-corrected chi connectivity index (χ1v) is 13.5. The van der Waals surface area contributed by atoms with Crippen molar-refractivity contribution in [3.63, 3.8) is 0 Å². The summed E-state index contributed by atoms with van der Waals surface area (Å²) in [7, 11) is 0. The second kappa shape index (κ2) is 10.8. The minimum Gasteiger partial charge on any atom is -0.484 e. The molecule has 0 spiro atoms. The van der Waals surface area contributed by atoms with E-state index >= 15 is 0 Å². The number of carbonyl (C=O) groups is 2. The Morgan fingerprint density at radius 2 is 1.75 bits per heavy atom. The molecule has 36 heavy (non-hydrogen) atoms. The van der Waals surface area contributed by atoms with Gasteiger partial charge in [-0.3, -0.25) is 14.5 Å². The number of amides is 2. The Kier molecular flexibility index (Phi) is 7.39. The quantitative estimate of drug-likeness (QED) is 0.507. The lowest BCUT2D eigenvalue weighted by Gasteiger charge is -2.42. The van der Waals surface area contributed by atoms with Gasteiger partial charge in [-0.25, -0.2) is 0 Å². The highest BCUT2D eigenvalue weighted by atomic mass is 32.1. The van der Waals surface area contributed by atoms with Crippen molar-refractivity contribution in [1.82, 2.24) is 14.7 Å². The molecule has 2 aliphatic heterocycles. The van der Waals surface area contributed by atoms with Gasteiger partial charge in [0.2, 0.25) is 5.91 Å². The van der Waals surface area contributed by atoms with Crippen LogP contribution in [-0.4, -0.2) is 71.9 Å². The van der Waals surface area contributed by atoms with Gasteiger partial charge in [-0.05, 0) is 55.0 Å². The van der Waals surface area contributed by atoms with Gasteiger partial charge in [0.15, 0.2) is 6.61 Å². The maximum absolute atomic E-state index is 13.4. The number of nitrogens with zero attached hydrogens (tertiary/aromatic N) is 3. The molecule has 0 saturated carbocycles. The molecule has 3 heterocycles. The highest BCUT2D eigenvalue weighted by Gasteiger charge is 2.34. The molecule has 2 aliphatic rings. The van der Waals surface area contributed by atoms with Gasteiger partial charge in [-0.2, -0.15) is 0 Å². The van der Waals surface area contributed by atoms with E-state index in [2.05, 4.69) is 47.5 Å². The number of fused-ring (bicyclic) bond motifs is 1. The van der Waals surface area contributed by atoms with Gasteiger partial charge in [-0.1, -0.05) is 48.0 Å². The molecule has 1 fully saturated rings. The lowest BCUT2D eigenvalue weighted by Crippen LogP contribution is -2.57. The van der Waals surface area contributed by atoms with Gasteiger partial charge in [0.25, 0.3) is 5.91 Å². The number of benzene rings is 2. The Balaban J connectivity index is 1.21. The van der Waals surface area contributed by atoms with Crippen molar-refractivity contribution in [1.29, 1.82) is 0 Å². The standard InChI is InChI=1S/C29H33N3O3S/c1-21-8-10-23(11-9-21)29-25-13-17-36-26(25)12-14-31(29)19-27(33)30-15-16-32(22(2)18-30)28(34)20-35-24-6-4-3-5-7-24/h3-11,13,17,22,29H,12,14-16,18-20H2,1-2H3/t22-,29-/m0/s1. The van der Waals surface area contributed by atoms with Crippen LogP contribution in [0.3, 0.4) is 0 Å². The number of hydrogen-bond donors (Lipinski definition) is 0. The minimum absolute atomic E-state index is 0.0112. The lowest BCUT2D eigenvalue weighted by atomic mass is 9.92. The number of piperazine rings is 1. The van der Waals surface area contributed by atoms with E-state index < -0.39 is 0 Å². The van der Waals surface area contributed by atoms with E-state index in [4.69, 9.17) is 4.74 Å². The Labute approximate surface area is 217 Å². The van der Waals surface area contributed by atoms with Crippen molar-refractivity contribution in [3.05, 3.63) is 87.6 Å². The molecule has 0 radical (unpaired) electrons. The predicted octanol–water partition coefficient (Wildman–Crippen LogP) is 4.14. The molecule has 6 nitrogen and oxygen atoms in total. The molecule has 2 amide bonds. The summed E-state index contributed by atoms with van der Waals surface area (Å²) in [6.07, 6.45) is 0.975. The zero-order valence-corrected chi connectivity index (χ0v) is 21.7. The zero-order chi connectivity index (χ0) is 25.1. The van der Waals surface area contributed by atoms with Gasteiger partial charge in [0.1, 0.15) is 5.75 Å². The lowest BCUT2D eigenvalue weighted by molar-refractivity contribution is -0.144. The molecule has 2 aromatic carbocycles. The minimum atomic E-state index is -0.0488. The molecule has 0 N–H and O–H groups in total. The van der Waals surface area contributed by atoms with Gasteiger partial charge < -0.3 is 14.5 Å². The Bertz CT molecular complexity index is 1190. The molecule has 7 heteroatoms. The Morgan fingerprint density at radius 1 is 0.972 bits per heavy atom. The van der Waals surface area contributed by atoms with E-state index in [1.54, 1.807) is 0 Å². The summed E-state index contributed by atoms with van der Waals surface area (Å²) in [4.78, 5) is 33.7. The van der Waals surface area contributed by atoms with Crippen LogP contribution in [0.5, 0.6) is 5.75 Å². The van der Waals surface area contributed by atoms with E-state index in [1.807, 2.05) is 58.4 Å². The van der Waals surface area contributed by atoms with Crippen LogP contribution in [0.4, 0.5) is 0 Å². The Hall–Kier alpha value is -3.16. The van der Waals surface area contributed by atoms with Gasteiger partial charge in [0.05, 0.1) is 12.6 Å². The van der Waals surface area contributed by atoms with Crippen LogP contribution < -0.4 is 4.74 Å². The van der Waals surface area contributed by atoms with Crippen molar-refractivity contribution in [2.24, 2.45) is 0 Å². The largest absolute Gasteiger partial charge is 0.484 e. The normalized spacial score (nSPS) is 20.2. The number of hydrogen-bond acceptors (Lipinski definition) is 5. The summed E-state index contributed by atoms with van der Waals surface area (Å²) in [6, 6.07) is 20.3. The monoisotopic (exact) mass is 503 g/mol. The number of aryl methyl sites for hydroxylation is 1. The molecular formula is C29H33N3O3S. The third-order valence-corrected chi connectivity index (χ3v) is 8.20. The zero-order valence-electron chi connectivity index (χ0n) is 20.9. The van der Waals surface area contributed by atoms with E-state index in [1.165, 1.54) is 21.6 Å². The third kappa shape index (κ3) is 5.32. The van der Waals surface area contributed by atoms with Crippen molar-refractivity contribution < 1.29 is 14.3 Å². The van der Waals surface area contributed by atoms with Crippen molar-refractivity contribution in [2.45, 2.75) is 32.4 Å². The SMILES string of the molecule is Cc1ccc([C@H]2c3ccsc3CCN2CC(=O)N2CCN(C(=O)COc3ccccc3)[C@@H](C)C2)cc1. The summed E-state index contributed by atoms with van der Waals surface area (Å²) in [6.45, 7) is 6.98. The van der Waals surface area contributed by atoms with Crippen LogP contribution in [0.1, 0.15) is 34.5 Å². The summed E-state index contributed by atoms with van der Waals surface area (Å²) >= 11 is 1.81. The highest BCUT2D eigenvalue weighted by Crippen LogP contribution is 2.37. The molecule has 1 saturated heterocycles. The second-order valence-electron chi connectivity index (χ2n) is 9.71. The van der Waals surface area contributed by atoms with E-state index in [-0.39, 0.29) is 30.5 Å². The van der Waals surface area contributed by atoms with Gasteiger partial charge in [0, 0.05) is 37.1 Å². The number of carbonyl (C=O) groups excluding carboxylic acids is 2. The van der Waals surface area contributed by atoms with E-state index in [0.717, 1.165) is 13.0 Å². The third-order valence-electron chi connectivity index (χ3n) is 7.20. The molecule has 3 aromatic rings. The number of rotatable bonds is 6. The van der Waals surface area contributed by atoms with Gasteiger partial charge >= 0.3 is 0 Å². The molecule has 5 rings (SSSR count). The van der Waals surface area contributed by atoms with Crippen LogP contribution in [0, 0.1) is 6.92 Å². The Morgan fingerprint density at radius 3 is 2.50 bits per heavy atom. The van der Waals surface area contributed by atoms with Crippen LogP contribution in [0.25, 0.3) is 0 Å². The fourth-order valence-corrected chi connectivity index (χ4v) is 6.15. The summed E-state index contributed by atoms with van der Waals surface area (Å²) in [5, 5.41) is 2.16. The molecular weight excluding hydrogens is 470 g/mol. The molecule has 1 aromatic heterocycles. The van der Waals surface area contributed by atoms with Crippen LogP contribution in [-0.2, 0) is 16.0 Å². The fraction of sp³-hybridized carbons (Fsp3) is 0.379. The number of thiophene rings is 1. The smallest absolute Gasteiger partial charge is 0.260 e. The van der Waals surface area contributed by atoms with Crippen molar-refractivity contribution in [3.8, 4) is 5.75 Å². The summed E-state index contributed by atoms with van der Waals surface area (Å²) in [5.41, 5.74) is 3.79. The van der Waals surface area contributed by atoms with Crippen molar-refractivity contribution >= 4 is 23.2 Å². The first-order valence-electron chi connectivity index (χ1n) is 12.6. The topological polar surface area (TPSA) is 53.1 Å². The highest BCUT2D eigenvalue weighted by molar-refractivity contribution is 7.10. The van der Waals surface area contributed by atoms with Crippen LogP contribution in [0.2, 0.25) is 0 Å². The summed E-state index contributed by atoms with van der Waals surface area (Å²) < 4.78 is 5.65. The first-order chi connectivity index (χ1) is 17.5. The van der Waals surface area contributed by atoms with E-state index in [0.29, 0.717) is 31.9 Å². The molecule has 2 atom stereocenters. The number of para-hydroxylation sites is 1. The van der Waals surface area contributed by atoms with Crippen molar-refractivity contribution in [2.75, 3.05) is 39.3 Å². The van der Waals surface area contributed by atoms with Crippen LogP contribution >= 0.6 is 11.3 Å². The van der Waals surface area contributed by atoms with Crippen LogP contribution in [0.15, 0.2) is 66.0 Å². The summed E-state index contributed by atoms with van der Waals surface area (Å²) in [5.74, 6) is 0.773. The maximum Gasteiger partial charge on any atom is 0.260 e. The second-order valence-corrected chi connectivity index (χ2v) is 10.7. The molecule has 0 unspecified atom stereocenters. The molecule has 0 aliphatic carbocycles. The molecule has 0 bridgehead atoms. The molecule has 188 valence electrons. The van der Waals surface area contributed by atoms with E-state index in [9.17, 15) is 9.59 Å².